The minimum atomic E-state index is 0.762. The Kier molecular flexibility index (Phi) is 3.67. The van der Waals surface area contributed by atoms with Crippen LogP contribution in [0.5, 0.6) is 0 Å². The van der Waals surface area contributed by atoms with Crippen molar-refractivity contribution in [1.82, 2.24) is 4.98 Å². The van der Waals surface area contributed by atoms with Crippen molar-refractivity contribution in [3.8, 4) is 11.3 Å². The molecule has 107 valence electrons. The molecule has 4 rings (SSSR count). The summed E-state index contributed by atoms with van der Waals surface area (Å²) in [4.78, 5) is 3.57. The maximum Gasteiger partial charge on any atom is 0.0497 e. The lowest BCUT2D eigenvalue weighted by Gasteiger charge is -2.10. The molecule has 22 heavy (non-hydrogen) atoms. The van der Waals surface area contributed by atoms with Gasteiger partial charge >= 0.3 is 0 Å². The van der Waals surface area contributed by atoms with E-state index in [4.69, 9.17) is 11.6 Å². The van der Waals surface area contributed by atoms with Crippen molar-refractivity contribution in [2.75, 3.05) is 0 Å². The van der Waals surface area contributed by atoms with E-state index in [2.05, 4.69) is 67.1 Å². The minimum Gasteiger partial charge on any atom is -0.354 e. The molecule has 0 spiro atoms. The summed E-state index contributed by atoms with van der Waals surface area (Å²) in [6, 6.07) is 16.5. The lowest BCUT2D eigenvalue weighted by molar-refractivity contribution is 1.06. The third-order valence-electron chi connectivity index (χ3n) is 4.06. The molecule has 3 aromatic rings. The topological polar surface area (TPSA) is 15.8 Å². The zero-order valence-electron chi connectivity index (χ0n) is 12.0. The zero-order chi connectivity index (χ0) is 14.9. The Labute approximate surface area is 136 Å². The summed E-state index contributed by atoms with van der Waals surface area (Å²) < 4.78 is 0. The Morgan fingerprint density at radius 2 is 1.59 bits per heavy atom. The molecule has 0 atom stereocenters. The number of hydrogen-bond acceptors (Lipinski definition) is 0. The molecular formula is C20H15ClN. The molecule has 1 N–H and O–H groups in total. The second-order valence-corrected chi connectivity index (χ2v) is 5.94. The highest BCUT2D eigenvalue weighted by atomic mass is 35.5. The molecule has 1 aliphatic rings. The van der Waals surface area contributed by atoms with Crippen molar-refractivity contribution < 1.29 is 0 Å². The SMILES string of the molecule is Clc1ccc(-c2[nH]c3ccccc3c2C[C]2[CH][CH][CH][CH]2)cc1. The Morgan fingerprint density at radius 1 is 0.864 bits per heavy atom. The maximum atomic E-state index is 6.02. The predicted octanol–water partition coefficient (Wildman–Crippen LogP) is 5.44. The van der Waals surface area contributed by atoms with Crippen molar-refractivity contribution >= 4 is 22.5 Å². The highest BCUT2D eigenvalue weighted by Crippen LogP contribution is 2.36. The lowest BCUT2D eigenvalue weighted by atomic mass is 9.94. The van der Waals surface area contributed by atoms with Crippen molar-refractivity contribution in [1.29, 1.82) is 0 Å². The van der Waals surface area contributed by atoms with E-state index in [1.54, 1.807) is 0 Å². The van der Waals surface area contributed by atoms with Crippen LogP contribution >= 0.6 is 11.6 Å². The summed E-state index contributed by atoms with van der Waals surface area (Å²) in [5.41, 5.74) is 4.86. The zero-order valence-corrected chi connectivity index (χ0v) is 12.8. The van der Waals surface area contributed by atoms with E-state index in [0.29, 0.717) is 0 Å². The molecule has 1 fully saturated rings. The molecule has 1 nitrogen and oxygen atoms in total. The van der Waals surface area contributed by atoms with E-state index in [-0.39, 0.29) is 0 Å². The number of hydrogen-bond donors (Lipinski definition) is 1. The van der Waals surface area contributed by atoms with Gasteiger partial charge in [0.15, 0.2) is 0 Å². The molecule has 5 radical (unpaired) electrons. The van der Waals surface area contributed by atoms with Gasteiger partial charge in [0.1, 0.15) is 0 Å². The molecule has 0 unspecified atom stereocenters. The summed E-state index contributed by atoms with van der Waals surface area (Å²) in [5.74, 6) is 1.33. The number of benzene rings is 2. The monoisotopic (exact) mass is 304 g/mol. The van der Waals surface area contributed by atoms with Crippen LogP contribution in [0.4, 0.5) is 0 Å². The van der Waals surface area contributed by atoms with E-state index in [1.165, 1.54) is 33.6 Å². The van der Waals surface area contributed by atoms with Crippen molar-refractivity contribution in [2.45, 2.75) is 6.42 Å². The first kappa shape index (κ1) is 13.9. The van der Waals surface area contributed by atoms with Crippen LogP contribution in [0.25, 0.3) is 22.2 Å². The van der Waals surface area contributed by atoms with Crippen LogP contribution in [0.15, 0.2) is 48.5 Å². The maximum absolute atomic E-state index is 6.02. The van der Waals surface area contributed by atoms with E-state index < -0.39 is 0 Å². The van der Waals surface area contributed by atoms with Gasteiger partial charge in [-0.2, -0.15) is 0 Å². The average molecular weight is 305 g/mol. The van der Waals surface area contributed by atoms with Crippen LogP contribution in [-0.4, -0.2) is 4.98 Å². The third kappa shape index (κ3) is 2.55. The molecule has 1 heterocycles. The molecule has 1 saturated carbocycles. The summed E-state index contributed by atoms with van der Waals surface area (Å²) in [5, 5.41) is 2.05. The standard InChI is InChI=1S/C20H15ClN/c21-16-11-9-15(10-12-16)20-18(13-14-5-1-2-6-14)17-7-3-4-8-19(17)22-20/h1-12,22H,13H2. The Hall–Kier alpha value is -1.73. The number of aromatic amines is 1. The van der Waals surface area contributed by atoms with E-state index in [9.17, 15) is 0 Å². The quantitative estimate of drug-likeness (QED) is 0.663. The lowest BCUT2D eigenvalue weighted by Crippen LogP contribution is -1.98. The Bertz CT molecular complexity index is 779. The van der Waals surface area contributed by atoms with Crippen LogP contribution in [-0.2, 0) is 6.42 Å². The van der Waals surface area contributed by atoms with Crippen LogP contribution < -0.4 is 0 Å². The molecule has 0 amide bonds. The van der Waals surface area contributed by atoms with Gasteiger partial charge in [0.05, 0.1) is 0 Å². The van der Waals surface area contributed by atoms with Crippen molar-refractivity contribution in [3.63, 3.8) is 0 Å². The first-order valence-electron chi connectivity index (χ1n) is 7.37. The summed E-state index contributed by atoms with van der Waals surface area (Å²) >= 11 is 6.02. The molecule has 2 heteroatoms. The number of fused-ring (bicyclic) bond motifs is 1. The largest absolute Gasteiger partial charge is 0.354 e. The first-order chi connectivity index (χ1) is 10.8. The molecule has 1 aromatic heterocycles. The van der Waals surface area contributed by atoms with Gasteiger partial charge in [0.2, 0.25) is 0 Å². The molecule has 1 aliphatic carbocycles. The molecule has 0 aliphatic heterocycles. The van der Waals surface area contributed by atoms with Crippen LogP contribution in [0.1, 0.15) is 5.56 Å². The number of halogens is 1. The van der Waals surface area contributed by atoms with Crippen LogP contribution in [0.3, 0.4) is 0 Å². The molecule has 2 aromatic carbocycles. The normalized spacial score (nSPS) is 15.7. The fraction of sp³-hybridized carbons (Fsp3) is 0.0500. The fourth-order valence-corrected chi connectivity index (χ4v) is 3.11. The van der Waals surface area contributed by atoms with Crippen molar-refractivity contribution in [3.05, 3.63) is 90.7 Å². The first-order valence-corrected chi connectivity index (χ1v) is 7.75. The van der Waals surface area contributed by atoms with Gasteiger partial charge in [-0.3, -0.25) is 0 Å². The van der Waals surface area contributed by atoms with Gasteiger partial charge in [0, 0.05) is 21.6 Å². The average Bonchev–Trinajstić information content (AvgIpc) is 3.17. The highest BCUT2D eigenvalue weighted by molar-refractivity contribution is 6.30. The molecule has 0 bridgehead atoms. The van der Waals surface area contributed by atoms with Gasteiger partial charge < -0.3 is 4.98 Å². The van der Waals surface area contributed by atoms with E-state index in [0.717, 1.165) is 11.4 Å². The number of rotatable bonds is 3. The summed E-state index contributed by atoms with van der Waals surface area (Å²) in [6.07, 6.45) is 9.45. The van der Waals surface area contributed by atoms with Crippen molar-refractivity contribution in [2.24, 2.45) is 0 Å². The summed E-state index contributed by atoms with van der Waals surface area (Å²) in [7, 11) is 0. The fourth-order valence-electron chi connectivity index (χ4n) is 2.98. The van der Waals surface area contributed by atoms with Gasteiger partial charge in [0.25, 0.3) is 0 Å². The second kappa shape index (κ2) is 5.81. The van der Waals surface area contributed by atoms with Crippen LogP contribution in [0.2, 0.25) is 5.02 Å². The van der Waals surface area contributed by atoms with E-state index >= 15 is 0 Å². The number of para-hydroxylation sites is 1. The number of aromatic nitrogens is 1. The number of H-pyrrole nitrogens is 1. The van der Waals surface area contributed by atoms with Gasteiger partial charge in [-0.05, 0) is 67.3 Å². The Morgan fingerprint density at radius 3 is 2.36 bits per heavy atom. The Balaban J connectivity index is 1.83. The molecular weight excluding hydrogens is 290 g/mol. The number of nitrogens with one attached hydrogen (secondary N) is 1. The summed E-state index contributed by atoms with van der Waals surface area (Å²) in [6.45, 7) is 0. The van der Waals surface area contributed by atoms with Gasteiger partial charge in [-0.15, -0.1) is 0 Å². The smallest absolute Gasteiger partial charge is 0.0497 e. The minimum absolute atomic E-state index is 0.762. The predicted molar refractivity (Wildman–Crippen MR) is 92.9 cm³/mol. The van der Waals surface area contributed by atoms with Crippen LogP contribution in [0, 0.1) is 31.6 Å². The van der Waals surface area contributed by atoms with E-state index in [1.807, 2.05) is 12.1 Å². The molecule has 0 saturated heterocycles. The second-order valence-electron chi connectivity index (χ2n) is 5.50. The highest BCUT2D eigenvalue weighted by Gasteiger charge is 2.21. The van der Waals surface area contributed by atoms with Gasteiger partial charge in [-0.1, -0.05) is 41.9 Å². The van der Waals surface area contributed by atoms with Gasteiger partial charge in [-0.25, -0.2) is 0 Å². The third-order valence-corrected chi connectivity index (χ3v) is 4.31.